The molecule has 2 amide bonds. The van der Waals surface area contributed by atoms with E-state index in [0.29, 0.717) is 67.1 Å². The molecule has 2 fully saturated rings. The van der Waals surface area contributed by atoms with E-state index in [1.807, 2.05) is 55.4 Å². The number of anilines is 1. The van der Waals surface area contributed by atoms with E-state index in [2.05, 4.69) is 32.4 Å². The van der Waals surface area contributed by atoms with Gasteiger partial charge in [0, 0.05) is 87.9 Å². The quantitative estimate of drug-likeness (QED) is 0.186. The SMILES string of the molecule is CN(C)CCCCNC(=O)c1cn2c3c(c(N4CCC(NC(=O)CCN5CCN(C)CC5)C4)c(F)cc3c1=O)Oc1cc3c(cc1-2)oc1ccccc13. The summed E-state index contributed by atoms with van der Waals surface area (Å²) in [4.78, 5) is 49.1. The number of rotatable bonds is 11. The van der Waals surface area contributed by atoms with Gasteiger partial charge in [0.25, 0.3) is 5.91 Å². The van der Waals surface area contributed by atoms with Crippen molar-refractivity contribution in [2.75, 3.05) is 84.9 Å². The van der Waals surface area contributed by atoms with Gasteiger partial charge in [-0.2, -0.15) is 0 Å². The number of nitrogens with one attached hydrogen (secondary N) is 2. The Morgan fingerprint density at radius 2 is 1.79 bits per heavy atom. The first-order valence-corrected chi connectivity index (χ1v) is 18.6. The molecule has 2 N–H and O–H groups in total. The number of furan rings is 1. The summed E-state index contributed by atoms with van der Waals surface area (Å²) in [6.45, 7) is 6.76. The van der Waals surface area contributed by atoms with Crippen LogP contribution in [0.5, 0.6) is 11.5 Å². The van der Waals surface area contributed by atoms with Gasteiger partial charge in [0.05, 0.1) is 11.1 Å². The molecule has 3 aromatic carbocycles. The maximum Gasteiger partial charge on any atom is 0.256 e. The molecule has 53 heavy (non-hydrogen) atoms. The molecule has 2 aromatic heterocycles. The lowest BCUT2D eigenvalue weighted by Gasteiger charge is -2.32. The molecule has 8 rings (SSSR count). The van der Waals surface area contributed by atoms with Crippen molar-refractivity contribution < 1.29 is 23.1 Å². The van der Waals surface area contributed by atoms with Crippen LogP contribution in [-0.2, 0) is 4.79 Å². The molecule has 3 aliphatic heterocycles. The van der Waals surface area contributed by atoms with Crippen LogP contribution in [-0.4, -0.2) is 117 Å². The lowest BCUT2D eigenvalue weighted by molar-refractivity contribution is -0.122. The number of unbranched alkanes of at least 4 members (excludes halogenated alkanes) is 1. The monoisotopic (exact) mass is 723 g/mol. The molecular formula is C40H46FN7O5. The van der Waals surface area contributed by atoms with Crippen LogP contribution in [0.4, 0.5) is 10.1 Å². The minimum Gasteiger partial charge on any atom is -0.456 e. The van der Waals surface area contributed by atoms with Crippen molar-refractivity contribution in [1.82, 2.24) is 29.9 Å². The number of aromatic nitrogens is 1. The van der Waals surface area contributed by atoms with Gasteiger partial charge in [-0.05, 0) is 65.1 Å². The fourth-order valence-electron chi connectivity index (χ4n) is 7.84. The Bertz CT molecular complexity index is 2280. The topological polar surface area (TPSA) is 116 Å². The molecule has 278 valence electrons. The van der Waals surface area contributed by atoms with Gasteiger partial charge in [0.15, 0.2) is 17.3 Å². The second-order valence-corrected chi connectivity index (χ2v) is 14.9. The molecule has 0 radical (unpaired) electrons. The number of fused-ring (bicyclic) bond motifs is 5. The summed E-state index contributed by atoms with van der Waals surface area (Å²) in [5.74, 6) is -0.515. The maximum absolute atomic E-state index is 16.5. The molecule has 5 aromatic rings. The Hall–Kier alpha value is -4.98. The molecule has 5 heterocycles. The van der Waals surface area contributed by atoms with E-state index in [1.165, 1.54) is 12.3 Å². The number of hydrogen-bond acceptors (Lipinski definition) is 9. The standard InChI is InChI=1S/C40H46FN7O5/c1-44(2)13-7-6-12-42-40(51)29-24-48-31-22-33-27(26-8-4-5-9-32(26)52-33)21-34(31)53-39-36(48)28(38(29)50)20-30(41)37(39)47-15-10-25(23-47)43-35(49)11-14-46-18-16-45(3)17-19-46/h4-5,8-9,20-22,24-25H,6-7,10-19,23H2,1-3H3,(H,42,51)(H,43,49). The van der Waals surface area contributed by atoms with E-state index in [0.717, 1.165) is 56.3 Å². The Kier molecular flexibility index (Phi) is 9.56. The van der Waals surface area contributed by atoms with Crippen molar-refractivity contribution in [1.29, 1.82) is 0 Å². The summed E-state index contributed by atoms with van der Waals surface area (Å²) in [7, 11) is 6.10. The smallest absolute Gasteiger partial charge is 0.256 e. The van der Waals surface area contributed by atoms with Crippen molar-refractivity contribution in [3.8, 4) is 17.2 Å². The largest absolute Gasteiger partial charge is 0.456 e. The summed E-state index contributed by atoms with van der Waals surface area (Å²) in [6, 6.07) is 12.5. The van der Waals surface area contributed by atoms with Gasteiger partial charge in [0.1, 0.15) is 27.9 Å². The predicted octanol–water partition coefficient (Wildman–Crippen LogP) is 4.54. The number of carbonyl (C=O) groups excluding carboxylic acids is 2. The number of amides is 2. The summed E-state index contributed by atoms with van der Waals surface area (Å²) in [5, 5.41) is 7.84. The van der Waals surface area contributed by atoms with Gasteiger partial charge >= 0.3 is 0 Å². The predicted molar refractivity (Wildman–Crippen MR) is 204 cm³/mol. The number of nitrogens with zero attached hydrogens (tertiary/aromatic N) is 5. The number of hydrogen-bond donors (Lipinski definition) is 2. The lowest BCUT2D eigenvalue weighted by atomic mass is 10.0. The van der Waals surface area contributed by atoms with Crippen LogP contribution < -0.4 is 25.7 Å². The van der Waals surface area contributed by atoms with Crippen molar-refractivity contribution in [3.05, 3.63) is 70.3 Å². The molecule has 0 spiro atoms. The van der Waals surface area contributed by atoms with E-state index < -0.39 is 17.2 Å². The van der Waals surface area contributed by atoms with Gasteiger partial charge in [-0.1, -0.05) is 18.2 Å². The highest BCUT2D eigenvalue weighted by atomic mass is 19.1. The van der Waals surface area contributed by atoms with Crippen LogP contribution >= 0.6 is 0 Å². The van der Waals surface area contributed by atoms with Gasteiger partial charge in [-0.15, -0.1) is 0 Å². The highest BCUT2D eigenvalue weighted by Crippen LogP contribution is 2.49. The zero-order chi connectivity index (χ0) is 36.8. The Morgan fingerprint density at radius 1 is 0.981 bits per heavy atom. The zero-order valence-electron chi connectivity index (χ0n) is 30.5. The van der Waals surface area contributed by atoms with Crippen molar-refractivity contribution in [3.63, 3.8) is 0 Å². The van der Waals surface area contributed by atoms with Crippen LogP contribution in [0.2, 0.25) is 0 Å². The number of likely N-dealkylation sites (N-methyl/N-ethyl adjacent to an activating group) is 1. The number of benzene rings is 3. The second kappa shape index (κ2) is 14.4. The average Bonchev–Trinajstić information content (AvgIpc) is 3.75. The van der Waals surface area contributed by atoms with Gasteiger partial charge in [0.2, 0.25) is 11.3 Å². The second-order valence-electron chi connectivity index (χ2n) is 14.9. The Morgan fingerprint density at radius 3 is 2.60 bits per heavy atom. The first-order valence-electron chi connectivity index (χ1n) is 18.6. The van der Waals surface area contributed by atoms with Crippen LogP contribution in [0.25, 0.3) is 38.5 Å². The van der Waals surface area contributed by atoms with Crippen molar-refractivity contribution in [2.24, 2.45) is 0 Å². The zero-order valence-corrected chi connectivity index (χ0v) is 30.5. The van der Waals surface area contributed by atoms with E-state index in [9.17, 15) is 14.4 Å². The maximum atomic E-state index is 16.5. The summed E-state index contributed by atoms with van der Waals surface area (Å²) in [5.41, 5.74) is 1.83. The highest BCUT2D eigenvalue weighted by Gasteiger charge is 2.34. The Labute approximate surface area is 307 Å². The minimum absolute atomic E-state index is 0.0185. The number of pyridine rings is 1. The lowest BCUT2D eigenvalue weighted by Crippen LogP contribution is -2.46. The molecule has 1 atom stereocenters. The van der Waals surface area contributed by atoms with Gasteiger partial charge in [-0.25, -0.2) is 4.39 Å². The third kappa shape index (κ3) is 6.84. The highest BCUT2D eigenvalue weighted by molar-refractivity contribution is 6.07. The van der Waals surface area contributed by atoms with Crippen LogP contribution in [0, 0.1) is 5.82 Å². The van der Waals surface area contributed by atoms with E-state index in [4.69, 9.17) is 9.15 Å². The van der Waals surface area contributed by atoms with Crippen molar-refractivity contribution in [2.45, 2.75) is 31.7 Å². The first-order chi connectivity index (χ1) is 25.6. The fraction of sp³-hybridized carbons (Fsp3) is 0.425. The van der Waals surface area contributed by atoms with Gasteiger partial charge in [-0.3, -0.25) is 14.4 Å². The number of ether oxygens (including phenoxy) is 1. The summed E-state index contributed by atoms with van der Waals surface area (Å²) < 4.78 is 31.1. The third-order valence-electron chi connectivity index (χ3n) is 10.8. The van der Waals surface area contributed by atoms with Crippen molar-refractivity contribution >= 4 is 50.3 Å². The molecule has 13 heteroatoms. The normalized spacial score (nSPS) is 17.5. The molecule has 2 saturated heterocycles. The summed E-state index contributed by atoms with van der Waals surface area (Å²) >= 11 is 0. The Balaban J connectivity index is 1.13. The fourth-order valence-corrected chi connectivity index (χ4v) is 7.84. The number of carbonyl (C=O) groups is 2. The van der Waals surface area contributed by atoms with E-state index in [1.54, 1.807) is 4.57 Å². The molecule has 1 unspecified atom stereocenters. The average molecular weight is 724 g/mol. The van der Waals surface area contributed by atoms with Crippen LogP contribution in [0.1, 0.15) is 36.0 Å². The molecule has 0 saturated carbocycles. The number of halogens is 1. The number of para-hydroxylation sites is 1. The van der Waals surface area contributed by atoms with E-state index in [-0.39, 0.29) is 34.3 Å². The molecule has 12 nitrogen and oxygen atoms in total. The van der Waals surface area contributed by atoms with E-state index >= 15 is 4.39 Å². The molecule has 3 aliphatic rings. The van der Waals surface area contributed by atoms with Gasteiger partial charge < -0.3 is 44.0 Å². The third-order valence-corrected chi connectivity index (χ3v) is 10.8. The number of piperazine rings is 1. The molecule has 0 bridgehead atoms. The summed E-state index contributed by atoms with van der Waals surface area (Å²) in [6.07, 6.45) is 4.22. The molecule has 0 aliphatic carbocycles. The van der Waals surface area contributed by atoms with Crippen LogP contribution in [0.15, 0.2) is 57.9 Å². The first kappa shape index (κ1) is 35.1. The minimum atomic E-state index is -0.627. The molecular weight excluding hydrogens is 677 g/mol. The van der Waals surface area contributed by atoms with Crippen LogP contribution in [0.3, 0.4) is 0 Å².